The van der Waals surface area contributed by atoms with Gasteiger partial charge >= 0.3 is 12.1 Å². The second kappa shape index (κ2) is 11.0. The normalized spacial score (nSPS) is 15.3. The Kier molecular flexibility index (Phi) is 7.34. The average Bonchev–Trinajstić information content (AvgIpc) is 3.43. The lowest BCUT2D eigenvalue weighted by Crippen LogP contribution is -2.42. The Morgan fingerprint density at radius 2 is 1.87 bits per heavy atom. The number of hydrogen-bond acceptors (Lipinski definition) is 6. The fourth-order valence-electron chi connectivity index (χ4n) is 4.31. The van der Waals surface area contributed by atoms with Gasteiger partial charge in [-0.1, -0.05) is 18.2 Å². The summed E-state index contributed by atoms with van der Waals surface area (Å²) in [6, 6.07) is 14.3. The molecular formula is C28H27F2N7O. The zero-order valence-corrected chi connectivity index (χ0v) is 20.7. The molecule has 8 nitrogen and oxygen atoms in total. The van der Waals surface area contributed by atoms with Crippen molar-refractivity contribution < 1.29 is 13.6 Å². The first kappa shape index (κ1) is 25.4. The number of nitrogens with zero attached hydrogens (tertiary/aromatic N) is 4. The molecule has 0 spiro atoms. The molecule has 1 fully saturated rings. The molecule has 194 valence electrons. The number of aromatic nitrogens is 3. The van der Waals surface area contributed by atoms with E-state index in [4.69, 9.17) is 0 Å². The number of pyridine rings is 1. The van der Waals surface area contributed by atoms with Crippen LogP contribution < -0.4 is 20.9 Å². The Balaban J connectivity index is 1.41. The number of nitrogens with one attached hydrogen (secondary N) is 3. The predicted octanol–water partition coefficient (Wildman–Crippen LogP) is 5.22. The van der Waals surface area contributed by atoms with Gasteiger partial charge in [-0.15, -0.1) is 0 Å². The van der Waals surface area contributed by atoms with E-state index in [1.807, 2.05) is 31.2 Å². The van der Waals surface area contributed by atoms with E-state index < -0.39 is 12.1 Å². The van der Waals surface area contributed by atoms with E-state index in [2.05, 4.69) is 30.9 Å². The fourth-order valence-corrected chi connectivity index (χ4v) is 4.31. The summed E-state index contributed by atoms with van der Waals surface area (Å²) in [6.07, 6.45) is 5.57. The molecule has 3 N–H and O–H groups in total. The van der Waals surface area contributed by atoms with E-state index in [1.54, 1.807) is 36.8 Å². The lowest BCUT2D eigenvalue weighted by Gasteiger charge is -2.24. The number of amides is 2. The number of benzene rings is 2. The highest BCUT2D eigenvalue weighted by atomic mass is 19.3. The van der Waals surface area contributed by atoms with Gasteiger partial charge in [0.25, 0.3) is 0 Å². The molecule has 1 saturated heterocycles. The minimum Gasteiger partial charge on any atom is -0.315 e. The molecule has 2 amide bonds. The van der Waals surface area contributed by atoms with E-state index in [0.29, 0.717) is 36.6 Å². The summed E-state index contributed by atoms with van der Waals surface area (Å²) in [7, 11) is 0. The standard InChI is InChI=1S/C28H27F2N7O/c1-19-5-2-3-7-25(19)37(26-33-16-13-24(35-26)20-6-4-14-31-17-20)27(38)34-22-10-8-21(9-11-22)28(29,30)36-23-12-15-32-18-23/h2-11,13-14,16-17,23,32,36H,12,15,18H2,1H3,(H,34,38). The third-order valence-corrected chi connectivity index (χ3v) is 6.30. The SMILES string of the molecule is Cc1ccccc1N(C(=O)Nc1ccc(C(F)(F)NC2CCNC2)cc1)c1nccc(-c2cccnc2)n1. The lowest BCUT2D eigenvalue weighted by molar-refractivity contribution is -0.0501. The quantitative estimate of drug-likeness (QED) is 0.292. The lowest BCUT2D eigenvalue weighted by atomic mass is 10.1. The smallest absolute Gasteiger partial charge is 0.315 e. The van der Waals surface area contributed by atoms with Crippen LogP contribution in [0.4, 0.5) is 30.9 Å². The molecule has 0 aliphatic carbocycles. The van der Waals surface area contributed by atoms with E-state index in [0.717, 1.165) is 11.1 Å². The third kappa shape index (κ3) is 5.66. The number of hydrogen-bond donors (Lipinski definition) is 3. The molecule has 0 bridgehead atoms. The molecule has 2 aromatic carbocycles. The van der Waals surface area contributed by atoms with Crippen LogP contribution in [0.15, 0.2) is 85.3 Å². The fraction of sp³-hybridized carbons (Fsp3) is 0.214. The van der Waals surface area contributed by atoms with Crippen molar-refractivity contribution in [2.75, 3.05) is 23.3 Å². The summed E-state index contributed by atoms with van der Waals surface area (Å²) in [5, 5.41) is 8.27. The molecule has 1 aliphatic heterocycles. The van der Waals surface area contributed by atoms with Crippen LogP contribution in [-0.4, -0.2) is 40.1 Å². The first-order valence-electron chi connectivity index (χ1n) is 12.3. The Morgan fingerprint density at radius 1 is 1.05 bits per heavy atom. The number of carbonyl (C=O) groups excluding carboxylic acids is 1. The minimum absolute atomic E-state index is 0.163. The van der Waals surface area contributed by atoms with Gasteiger partial charge in [0.15, 0.2) is 0 Å². The maximum Gasteiger partial charge on any atom is 0.333 e. The molecule has 2 aromatic heterocycles. The van der Waals surface area contributed by atoms with E-state index >= 15 is 0 Å². The first-order valence-corrected chi connectivity index (χ1v) is 12.3. The monoisotopic (exact) mass is 515 g/mol. The van der Waals surface area contributed by atoms with Crippen molar-refractivity contribution in [1.82, 2.24) is 25.6 Å². The summed E-state index contributed by atoms with van der Waals surface area (Å²) in [5.41, 5.74) is 2.99. The van der Waals surface area contributed by atoms with Crippen LogP contribution >= 0.6 is 0 Å². The number of aryl methyl sites for hydroxylation is 1. The number of carbonyl (C=O) groups is 1. The summed E-state index contributed by atoms with van der Waals surface area (Å²) < 4.78 is 29.5. The largest absolute Gasteiger partial charge is 0.333 e. The van der Waals surface area contributed by atoms with E-state index in [-0.39, 0.29) is 17.6 Å². The van der Waals surface area contributed by atoms with Crippen molar-refractivity contribution in [3.63, 3.8) is 0 Å². The predicted molar refractivity (Wildman–Crippen MR) is 142 cm³/mol. The van der Waals surface area contributed by atoms with Crippen LogP contribution in [0, 0.1) is 6.92 Å². The van der Waals surface area contributed by atoms with Gasteiger partial charge in [0, 0.05) is 48.0 Å². The summed E-state index contributed by atoms with van der Waals surface area (Å²) in [6.45, 7) is 3.10. The number of alkyl halides is 2. The number of rotatable bonds is 7. The van der Waals surface area contributed by atoms with E-state index in [1.165, 1.54) is 29.2 Å². The van der Waals surface area contributed by atoms with Crippen LogP contribution in [0.1, 0.15) is 17.5 Å². The zero-order valence-electron chi connectivity index (χ0n) is 20.7. The van der Waals surface area contributed by atoms with Gasteiger partial charge < -0.3 is 10.6 Å². The van der Waals surface area contributed by atoms with E-state index in [9.17, 15) is 13.6 Å². The van der Waals surface area contributed by atoms with Crippen molar-refractivity contribution >= 4 is 23.4 Å². The molecule has 1 atom stereocenters. The van der Waals surface area contributed by atoms with Crippen molar-refractivity contribution in [2.45, 2.75) is 25.4 Å². The second-order valence-corrected chi connectivity index (χ2v) is 9.02. The summed E-state index contributed by atoms with van der Waals surface area (Å²) in [5.74, 6) is 0.163. The topological polar surface area (TPSA) is 95.1 Å². The summed E-state index contributed by atoms with van der Waals surface area (Å²) >= 11 is 0. The van der Waals surface area contributed by atoms with Crippen molar-refractivity contribution in [2.24, 2.45) is 0 Å². The molecule has 3 heterocycles. The Labute approximate surface area is 219 Å². The molecule has 4 aromatic rings. The number of anilines is 3. The number of halogens is 2. The van der Waals surface area contributed by atoms with Crippen LogP contribution in [0.3, 0.4) is 0 Å². The minimum atomic E-state index is -3.19. The van der Waals surface area contributed by atoms with Gasteiger partial charge in [-0.25, -0.2) is 25.0 Å². The molecule has 0 saturated carbocycles. The van der Waals surface area contributed by atoms with Gasteiger partial charge in [-0.05, 0) is 74.0 Å². The van der Waals surface area contributed by atoms with Crippen molar-refractivity contribution in [3.8, 4) is 11.3 Å². The van der Waals surface area contributed by atoms with Gasteiger partial charge in [0.1, 0.15) is 0 Å². The van der Waals surface area contributed by atoms with Crippen molar-refractivity contribution in [3.05, 3.63) is 96.4 Å². The molecule has 5 rings (SSSR count). The highest BCUT2D eigenvalue weighted by Gasteiger charge is 2.35. The van der Waals surface area contributed by atoms with Gasteiger partial charge in [-0.3, -0.25) is 4.98 Å². The molecule has 1 aliphatic rings. The first-order chi connectivity index (χ1) is 18.4. The van der Waals surface area contributed by atoms with Crippen LogP contribution in [-0.2, 0) is 6.05 Å². The zero-order chi connectivity index (χ0) is 26.5. The molecule has 10 heteroatoms. The Hall–Kier alpha value is -4.28. The Morgan fingerprint density at radius 3 is 2.58 bits per heavy atom. The summed E-state index contributed by atoms with van der Waals surface area (Å²) in [4.78, 5) is 28.1. The highest BCUT2D eigenvalue weighted by molar-refractivity contribution is 6.06. The van der Waals surface area contributed by atoms with Gasteiger partial charge in [0.05, 0.1) is 11.4 Å². The van der Waals surface area contributed by atoms with Gasteiger partial charge in [-0.2, -0.15) is 8.78 Å². The third-order valence-electron chi connectivity index (χ3n) is 6.30. The maximum absolute atomic E-state index is 14.7. The molecule has 1 unspecified atom stereocenters. The molecule has 38 heavy (non-hydrogen) atoms. The van der Waals surface area contributed by atoms with Crippen LogP contribution in [0.2, 0.25) is 0 Å². The Bertz CT molecular complexity index is 1390. The van der Waals surface area contributed by atoms with Crippen LogP contribution in [0.5, 0.6) is 0 Å². The molecule has 0 radical (unpaired) electrons. The second-order valence-electron chi connectivity index (χ2n) is 9.02. The van der Waals surface area contributed by atoms with Crippen LogP contribution in [0.25, 0.3) is 11.3 Å². The maximum atomic E-state index is 14.7. The number of para-hydroxylation sites is 1. The van der Waals surface area contributed by atoms with Gasteiger partial charge in [0.2, 0.25) is 5.95 Å². The molecular weight excluding hydrogens is 488 g/mol. The average molecular weight is 516 g/mol. The highest BCUT2D eigenvalue weighted by Crippen LogP contribution is 2.30. The number of urea groups is 1. The van der Waals surface area contributed by atoms with Crippen molar-refractivity contribution in [1.29, 1.82) is 0 Å².